The van der Waals surface area contributed by atoms with Crippen LogP contribution in [0.1, 0.15) is 39.2 Å². The van der Waals surface area contributed by atoms with Crippen LogP contribution in [0.25, 0.3) is 0 Å². The van der Waals surface area contributed by atoms with Gasteiger partial charge in [0, 0.05) is 19.6 Å². The third-order valence-corrected chi connectivity index (χ3v) is 4.67. The number of piperidine rings is 1. The van der Waals surface area contributed by atoms with E-state index in [2.05, 4.69) is 77.9 Å². The number of likely N-dealkylation sites (tertiary alicyclic amines) is 1. The van der Waals surface area contributed by atoms with Crippen LogP contribution in [0.5, 0.6) is 0 Å². The molecule has 0 aromatic heterocycles. The Hall–Kier alpha value is -1.54. The first-order valence-corrected chi connectivity index (χ1v) is 9.77. The molecule has 2 rings (SSSR count). The average Bonchev–Trinajstić information content (AvgIpc) is 2.67. The monoisotopic (exact) mass is 361 g/mol. The molecular formula is C22H39N3O. The zero-order valence-corrected chi connectivity index (χ0v) is 17.7. The van der Waals surface area contributed by atoms with Crippen molar-refractivity contribution in [3.8, 4) is 12.5 Å². The lowest BCUT2D eigenvalue weighted by atomic mass is 9.95. The molecule has 4 nitrogen and oxygen atoms in total. The van der Waals surface area contributed by atoms with Crippen molar-refractivity contribution in [3.05, 3.63) is 35.9 Å². The van der Waals surface area contributed by atoms with Crippen molar-refractivity contribution in [1.82, 2.24) is 15.3 Å². The predicted octanol–water partition coefficient (Wildman–Crippen LogP) is 3.65. The molecule has 0 bridgehead atoms. The molecule has 0 saturated carbocycles. The van der Waals surface area contributed by atoms with E-state index in [4.69, 9.17) is 0 Å². The van der Waals surface area contributed by atoms with Crippen molar-refractivity contribution in [2.24, 2.45) is 5.92 Å². The third kappa shape index (κ3) is 11.1. The normalized spacial score (nSPS) is 15.8. The van der Waals surface area contributed by atoms with Gasteiger partial charge in [-0.1, -0.05) is 50.6 Å². The molecule has 1 unspecified atom stereocenters. The van der Waals surface area contributed by atoms with E-state index in [0.29, 0.717) is 6.04 Å². The highest BCUT2D eigenvalue weighted by molar-refractivity contribution is 5.15. The summed E-state index contributed by atoms with van der Waals surface area (Å²) in [5.41, 5.74) is 3.73. The van der Waals surface area contributed by atoms with Gasteiger partial charge in [-0.2, -0.15) is 0 Å². The predicted molar refractivity (Wildman–Crippen MR) is 113 cm³/mol. The van der Waals surface area contributed by atoms with Gasteiger partial charge in [0.25, 0.3) is 0 Å². The summed E-state index contributed by atoms with van der Waals surface area (Å²) >= 11 is 0. The molecule has 0 radical (unpaired) electrons. The van der Waals surface area contributed by atoms with Crippen LogP contribution in [0.4, 0.5) is 0 Å². The zero-order chi connectivity index (χ0) is 19.8. The fourth-order valence-corrected chi connectivity index (χ4v) is 3.00. The minimum Gasteiger partial charge on any atom is -0.357 e. The number of rotatable bonds is 6. The van der Waals surface area contributed by atoms with E-state index in [9.17, 15) is 0 Å². The summed E-state index contributed by atoms with van der Waals surface area (Å²) in [6.45, 7) is 10.1. The first-order valence-electron chi connectivity index (χ1n) is 9.77. The van der Waals surface area contributed by atoms with Gasteiger partial charge in [-0.05, 0) is 64.9 Å². The van der Waals surface area contributed by atoms with E-state index in [-0.39, 0.29) is 0 Å². The second kappa shape index (κ2) is 15.7. The third-order valence-electron chi connectivity index (χ3n) is 4.67. The maximum Gasteiger partial charge on any atom is 0.134 e. The number of benzene rings is 1. The molecule has 0 amide bonds. The highest BCUT2D eigenvalue weighted by Crippen LogP contribution is 2.18. The lowest BCUT2D eigenvalue weighted by Crippen LogP contribution is -2.39. The Morgan fingerprint density at radius 3 is 2.31 bits per heavy atom. The van der Waals surface area contributed by atoms with Crippen molar-refractivity contribution >= 4 is 0 Å². The minimum atomic E-state index is 0.627. The highest BCUT2D eigenvalue weighted by atomic mass is 16.6. The smallest absolute Gasteiger partial charge is 0.134 e. The average molecular weight is 362 g/mol. The van der Waals surface area contributed by atoms with Crippen LogP contribution >= 0.6 is 0 Å². The summed E-state index contributed by atoms with van der Waals surface area (Å²) in [7, 11) is 6.11. The van der Waals surface area contributed by atoms with Crippen LogP contribution in [0.15, 0.2) is 30.3 Å². The Morgan fingerprint density at radius 1 is 1.27 bits per heavy atom. The van der Waals surface area contributed by atoms with Crippen molar-refractivity contribution in [1.29, 1.82) is 0 Å². The van der Waals surface area contributed by atoms with Crippen LogP contribution in [0.3, 0.4) is 0 Å². The van der Waals surface area contributed by atoms with Crippen molar-refractivity contribution in [2.45, 2.75) is 46.1 Å². The van der Waals surface area contributed by atoms with Gasteiger partial charge in [0.1, 0.15) is 6.11 Å². The lowest BCUT2D eigenvalue weighted by Gasteiger charge is -2.34. The Kier molecular flexibility index (Phi) is 14.8. The standard InChI is InChI=1S/C17H28N2.C3H5NO.C2H6/c1-15(13-16-7-5-4-6-8-16)19(3)14-17-9-11-18(2)12-10-17;1-3-5-4-2;1-2/h4-8,15,17H,9-14H2,1-3H3;1,4H,2H3;1-2H3. The molecule has 1 heterocycles. The second-order valence-corrected chi connectivity index (χ2v) is 6.65. The van der Waals surface area contributed by atoms with Crippen LogP contribution < -0.4 is 5.48 Å². The van der Waals surface area contributed by atoms with E-state index in [0.717, 1.165) is 12.3 Å². The molecule has 1 aliphatic heterocycles. The first-order chi connectivity index (χ1) is 12.6. The van der Waals surface area contributed by atoms with Gasteiger partial charge in [0.05, 0.1) is 0 Å². The number of nitrogens with one attached hydrogen (secondary N) is 1. The molecule has 1 atom stereocenters. The van der Waals surface area contributed by atoms with E-state index in [1.807, 2.05) is 20.0 Å². The number of likely N-dealkylation sites (N-methyl/N-ethyl adjacent to an activating group) is 1. The van der Waals surface area contributed by atoms with E-state index in [1.165, 1.54) is 38.0 Å². The molecular weight excluding hydrogens is 322 g/mol. The maximum atomic E-state index is 4.60. The summed E-state index contributed by atoms with van der Waals surface area (Å²) < 4.78 is 0. The van der Waals surface area contributed by atoms with Gasteiger partial charge in [0.2, 0.25) is 0 Å². The molecule has 0 aliphatic carbocycles. The number of hydrogen-bond donors (Lipinski definition) is 1. The molecule has 26 heavy (non-hydrogen) atoms. The molecule has 1 aromatic rings. The van der Waals surface area contributed by atoms with Gasteiger partial charge >= 0.3 is 0 Å². The fourth-order valence-electron chi connectivity index (χ4n) is 3.00. The fraction of sp³-hybridized carbons (Fsp3) is 0.636. The van der Waals surface area contributed by atoms with E-state index < -0.39 is 0 Å². The number of hydroxylamine groups is 1. The van der Waals surface area contributed by atoms with Crippen molar-refractivity contribution in [3.63, 3.8) is 0 Å². The van der Waals surface area contributed by atoms with Crippen molar-refractivity contribution in [2.75, 3.05) is 40.8 Å². The summed E-state index contributed by atoms with van der Waals surface area (Å²) in [6.07, 6.45) is 10.4. The van der Waals surface area contributed by atoms with Crippen LogP contribution in [0, 0.1) is 18.4 Å². The van der Waals surface area contributed by atoms with Crippen LogP contribution in [0.2, 0.25) is 0 Å². The van der Waals surface area contributed by atoms with Gasteiger partial charge in [-0.25, -0.2) is 0 Å². The van der Waals surface area contributed by atoms with Crippen molar-refractivity contribution < 1.29 is 4.84 Å². The Morgan fingerprint density at radius 2 is 1.85 bits per heavy atom. The van der Waals surface area contributed by atoms with Crippen LogP contribution in [-0.4, -0.2) is 56.6 Å². The molecule has 0 spiro atoms. The molecule has 1 aromatic carbocycles. The van der Waals surface area contributed by atoms with E-state index >= 15 is 0 Å². The largest absolute Gasteiger partial charge is 0.357 e. The zero-order valence-electron chi connectivity index (χ0n) is 17.7. The molecule has 1 fully saturated rings. The quantitative estimate of drug-likeness (QED) is 0.618. The SMILES string of the molecule is C#CONC.CC.CC(Cc1ccccc1)N(C)CC1CCN(C)CC1. The Labute approximate surface area is 161 Å². The number of terminal acetylenes is 1. The summed E-state index contributed by atoms with van der Waals surface area (Å²) in [5, 5.41) is 0. The lowest BCUT2D eigenvalue weighted by molar-refractivity contribution is 0.154. The van der Waals surface area contributed by atoms with Crippen LogP contribution in [-0.2, 0) is 11.3 Å². The molecule has 1 N–H and O–H groups in total. The highest BCUT2D eigenvalue weighted by Gasteiger charge is 2.20. The number of nitrogens with zero attached hydrogens (tertiary/aromatic N) is 2. The molecule has 4 heteroatoms. The topological polar surface area (TPSA) is 27.7 Å². The summed E-state index contributed by atoms with van der Waals surface area (Å²) in [5.74, 6) is 0.888. The molecule has 148 valence electrons. The molecule has 1 aliphatic rings. The first kappa shape index (κ1) is 24.5. The summed E-state index contributed by atoms with van der Waals surface area (Å²) in [4.78, 5) is 9.10. The van der Waals surface area contributed by atoms with Gasteiger partial charge in [-0.3, -0.25) is 0 Å². The summed E-state index contributed by atoms with van der Waals surface area (Å²) in [6, 6.07) is 11.5. The van der Waals surface area contributed by atoms with E-state index in [1.54, 1.807) is 7.05 Å². The van der Waals surface area contributed by atoms with Gasteiger partial charge in [-0.15, -0.1) is 5.48 Å². The maximum absolute atomic E-state index is 4.60. The second-order valence-electron chi connectivity index (χ2n) is 6.65. The number of hydrogen-bond acceptors (Lipinski definition) is 4. The minimum absolute atomic E-state index is 0.627. The van der Waals surface area contributed by atoms with Gasteiger partial charge in [0.15, 0.2) is 0 Å². The Balaban J connectivity index is 0.000000772. The Bertz CT molecular complexity index is 464. The van der Waals surface area contributed by atoms with Gasteiger partial charge < -0.3 is 14.6 Å². The molecule has 1 saturated heterocycles.